The number of anilines is 1. The number of rotatable bonds is 10. The minimum absolute atomic E-state index is 0.124. The second kappa shape index (κ2) is 12.1. The maximum atomic E-state index is 11.9. The highest BCUT2D eigenvalue weighted by Gasteiger charge is 2.33. The second-order valence-electron chi connectivity index (χ2n) is 10.4. The standard InChI is InChI=1S/C26H38N6O4/c33-24(29-34)15-20(8-4-7-19-5-2-1-3-6-19)26-28-25(30-36-26)21-9-10-23(27-16-21)32-17-22(18-32)31-11-13-35-14-12-31/h9-10,16,19-20,22,34H,1-8,11-15,17-18H2,(H,29,33)/t20-/m1/s1. The van der Waals surface area contributed by atoms with Crippen LogP contribution < -0.4 is 10.4 Å². The molecular formula is C26H38N6O4. The predicted octanol–water partition coefficient (Wildman–Crippen LogP) is 3.38. The van der Waals surface area contributed by atoms with Gasteiger partial charge in [0.1, 0.15) is 5.82 Å². The Hall–Kier alpha value is -2.56. The van der Waals surface area contributed by atoms with Crippen LogP contribution >= 0.6 is 0 Å². The lowest BCUT2D eigenvalue weighted by Crippen LogP contribution is -2.61. The highest BCUT2D eigenvalue weighted by molar-refractivity contribution is 5.75. The third-order valence-corrected chi connectivity index (χ3v) is 7.99. The zero-order valence-electron chi connectivity index (χ0n) is 21.0. The van der Waals surface area contributed by atoms with Crippen molar-refractivity contribution in [2.45, 2.75) is 69.7 Å². The van der Waals surface area contributed by atoms with Crippen LogP contribution in [0.15, 0.2) is 22.9 Å². The summed E-state index contributed by atoms with van der Waals surface area (Å²) in [5.41, 5.74) is 2.53. The van der Waals surface area contributed by atoms with Gasteiger partial charge in [-0.3, -0.25) is 14.9 Å². The quantitative estimate of drug-likeness (QED) is 0.375. The number of aromatic nitrogens is 3. The number of hydrogen-bond donors (Lipinski definition) is 2. The molecule has 1 amide bonds. The van der Waals surface area contributed by atoms with Crippen molar-refractivity contribution in [2.24, 2.45) is 5.92 Å². The zero-order valence-corrected chi connectivity index (χ0v) is 21.0. The Bertz CT molecular complexity index is 965. The highest BCUT2D eigenvalue weighted by Crippen LogP contribution is 2.32. The Labute approximate surface area is 212 Å². The molecule has 2 aromatic rings. The van der Waals surface area contributed by atoms with Crippen LogP contribution in [0.4, 0.5) is 5.82 Å². The Morgan fingerprint density at radius 1 is 1.17 bits per heavy atom. The van der Waals surface area contributed by atoms with Crippen molar-refractivity contribution in [3.8, 4) is 11.4 Å². The zero-order chi connectivity index (χ0) is 24.7. The van der Waals surface area contributed by atoms with E-state index in [1.54, 1.807) is 11.7 Å². The molecule has 1 atom stereocenters. The Kier molecular flexibility index (Phi) is 8.45. The predicted molar refractivity (Wildman–Crippen MR) is 134 cm³/mol. The number of nitrogens with one attached hydrogen (secondary N) is 1. The number of nitrogens with zero attached hydrogens (tertiary/aromatic N) is 5. The maximum absolute atomic E-state index is 11.9. The summed E-state index contributed by atoms with van der Waals surface area (Å²) in [6.45, 7) is 5.62. The van der Waals surface area contributed by atoms with Gasteiger partial charge in [-0.05, 0) is 24.5 Å². The molecule has 10 heteroatoms. The first kappa shape index (κ1) is 25.1. The smallest absolute Gasteiger partial charge is 0.244 e. The van der Waals surface area contributed by atoms with Crippen molar-refractivity contribution < 1.29 is 19.3 Å². The fourth-order valence-electron chi connectivity index (χ4n) is 5.75. The Balaban J connectivity index is 1.17. The molecule has 2 saturated heterocycles. The molecule has 2 N–H and O–H groups in total. The van der Waals surface area contributed by atoms with Crippen molar-refractivity contribution in [3.05, 3.63) is 24.2 Å². The molecule has 2 aromatic heterocycles. The minimum Gasteiger partial charge on any atom is -0.379 e. The number of hydrogen-bond acceptors (Lipinski definition) is 9. The molecule has 0 spiro atoms. The number of amides is 1. The molecule has 0 unspecified atom stereocenters. The molecule has 196 valence electrons. The van der Waals surface area contributed by atoms with E-state index in [-0.39, 0.29) is 12.3 Å². The second-order valence-corrected chi connectivity index (χ2v) is 10.4. The fraction of sp³-hybridized carbons (Fsp3) is 0.692. The van der Waals surface area contributed by atoms with Crippen LogP contribution in [0.5, 0.6) is 0 Å². The van der Waals surface area contributed by atoms with Gasteiger partial charge in [-0.1, -0.05) is 50.1 Å². The van der Waals surface area contributed by atoms with Gasteiger partial charge in [-0.25, -0.2) is 10.5 Å². The van der Waals surface area contributed by atoms with Gasteiger partial charge in [0.05, 0.1) is 13.2 Å². The van der Waals surface area contributed by atoms with Gasteiger partial charge in [0.25, 0.3) is 0 Å². The van der Waals surface area contributed by atoms with E-state index in [0.29, 0.717) is 17.8 Å². The number of hydroxylamine groups is 1. The van der Waals surface area contributed by atoms with Crippen LogP contribution in [-0.2, 0) is 9.53 Å². The van der Waals surface area contributed by atoms with Crippen LogP contribution in [-0.4, -0.2) is 76.6 Å². The summed E-state index contributed by atoms with van der Waals surface area (Å²) in [6.07, 6.45) is 11.5. The van der Waals surface area contributed by atoms with E-state index in [9.17, 15) is 4.79 Å². The lowest BCUT2D eigenvalue weighted by atomic mass is 9.84. The molecular weight excluding hydrogens is 460 g/mol. The third-order valence-electron chi connectivity index (χ3n) is 7.99. The number of morpholine rings is 1. The largest absolute Gasteiger partial charge is 0.379 e. The van der Waals surface area contributed by atoms with Crippen molar-refractivity contribution in [2.75, 3.05) is 44.3 Å². The monoisotopic (exact) mass is 498 g/mol. The Morgan fingerprint density at radius 3 is 2.69 bits per heavy atom. The molecule has 5 rings (SSSR count). The maximum Gasteiger partial charge on any atom is 0.244 e. The number of carbonyl (C=O) groups is 1. The van der Waals surface area contributed by atoms with Gasteiger partial charge in [0, 0.05) is 56.3 Å². The van der Waals surface area contributed by atoms with Gasteiger partial charge in [-0.15, -0.1) is 0 Å². The summed E-state index contributed by atoms with van der Waals surface area (Å²) in [5, 5.41) is 13.2. The third kappa shape index (κ3) is 6.22. The summed E-state index contributed by atoms with van der Waals surface area (Å²) < 4.78 is 11.0. The van der Waals surface area contributed by atoms with E-state index >= 15 is 0 Å². The van der Waals surface area contributed by atoms with Gasteiger partial charge < -0.3 is 14.2 Å². The van der Waals surface area contributed by atoms with Crippen molar-refractivity contribution in [1.82, 2.24) is 25.5 Å². The van der Waals surface area contributed by atoms with Gasteiger partial charge in [0.15, 0.2) is 0 Å². The average Bonchev–Trinajstić information content (AvgIpc) is 3.39. The topological polar surface area (TPSA) is 117 Å². The fourth-order valence-corrected chi connectivity index (χ4v) is 5.75. The molecule has 0 radical (unpaired) electrons. The first-order chi connectivity index (χ1) is 17.7. The van der Waals surface area contributed by atoms with Crippen LogP contribution in [0, 0.1) is 5.92 Å². The Morgan fingerprint density at radius 2 is 1.97 bits per heavy atom. The molecule has 0 aromatic carbocycles. The van der Waals surface area contributed by atoms with Crippen molar-refractivity contribution in [1.29, 1.82) is 0 Å². The minimum atomic E-state index is -0.437. The number of ether oxygens (including phenoxy) is 1. The first-order valence-electron chi connectivity index (χ1n) is 13.5. The van der Waals surface area contributed by atoms with Crippen LogP contribution in [0.25, 0.3) is 11.4 Å². The van der Waals surface area contributed by atoms with E-state index < -0.39 is 5.91 Å². The van der Waals surface area contributed by atoms with E-state index in [4.69, 9.17) is 14.5 Å². The molecule has 36 heavy (non-hydrogen) atoms. The van der Waals surface area contributed by atoms with Gasteiger partial charge in [0.2, 0.25) is 17.6 Å². The summed E-state index contributed by atoms with van der Waals surface area (Å²) >= 11 is 0. The SMILES string of the molecule is O=C(C[C@@H](CCCC1CCCCC1)c1nc(-c2ccc(N3CC(N4CCOCC4)C3)nc2)no1)NO. The lowest BCUT2D eigenvalue weighted by Gasteiger charge is -2.47. The van der Waals surface area contributed by atoms with Crippen LogP contribution in [0.1, 0.15) is 69.6 Å². The molecule has 2 aliphatic heterocycles. The van der Waals surface area contributed by atoms with Crippen LogP contribution in [0.2, 0.25) is 0 Å². The highest BCUT2D eigenvalue weighted by atomic mass is 16.5. The normalized spacial score (nSPS) is 20.8. The number of carbonyl (C=O) groups excluding carboxylic acids is 1. The van der Waals surface area contributed by atoms with Crippen LogP contribution in [0.3, 0.4) is 0 Å². The molecule has 3 aliphatic rings. The van der Waals surface area contributed by atoms with Gasteiger partial charge >= 0.3 is 0 Å². The summed E-state index contributed by atoms with van der Waals surface area (Å²) in [4.78, 5) is 25.9. The molecule has 3 fully saturated rings. The van der Waals surface area contributed by atoms with Gasteiger partial charge in [-0.2, -0.15) is 4.98 Å². The molecule has 1 saturated carbocycles. The summed E-state index contributed by atoms with van der Waals surface area (Å²) in [5.74, 6) is 2.00. The summed E-state index contributed by atoms with van der Waals surface area (Å²) in [7, 11) is 0. The van der Waals surface area contributed by atoms with Crippen molar-refractivity contribution >= 4 is 11.7 Å². The molecule has 4 heterocycles. The van der Waals surface area contributed by atoms with E-state index in [0.717, 1.165) is 76.0 Å². The molecule has 0 bridgehead atoms. The van der Waals surface area contributed by atoms with E-state index in [2.05, 4.69) is 24.9 Å². The lowest BCUT2D eigenvalue weighted by molar-refractivity contribution is -0.129. The molecule has 1 aliphatic carbocycles. The summed E-state index contributed by atoms with van der Waals surface area (Å²) in [6, 6.07) is 4.54. The first-order valence-corrected chi connectivity index (χ1v) is 13.5. The van der Waals surface area contributed by atoms with E-state index in [1.165, 1.54) is 32.1 Å². The molecule has 10 nitrogen and oxygen atoms in total. The van der Waals surface area contributed by atoms with E-state index in [1.807, 2.05) is 12.1 Å². The number of pyridine rings is 1. The van der Waals surface area contributed by atoms with Crippen molar-refractivity contribution in [3.63, 3.8) is 0 Å². The average molecular weight is 499 g/mol.